The van der Waals surface area contributed by atoms with Gasteiger partial charge in [-0.2, -0.15) is 0 Å². The molecule has 1 saturated heterocycles. The lowest BCUT2D eigenvalue weighted by Crippen LogP contribution is -2.51. The van der Waals surface area contributed by atoms with Crippen LogP contribution < -0.4 is 10.1 Å². The van der Waals surface area contributed by atoms with Crippen LogP contribution in [0.25, 0.3) is 10.8 Å². The number of amides is 1. The first-order valence-electron chi connectivity index (χ1n) is 9.33. The molecule has 0 spiro atoms. The number of nitrogens with zero attached hydrogens (tertiary/aromatic N) is 1. The minimum atomic E-state index is -0.0860. The molecule has 1 heterocycles. The summed E-state index contributed by atoms with van der Waals surface area (Å²) in [4.78, 5) is 14.6. The first-order chi connectivity index (χ1) is 12.6. The van der Waals surface area contributed by atoms with Gasteiger partial charge in [0, 0.05) is 25.7 Å². The summed E-state index contributed by atoms with van der Waals surface area (Å²) >= 11 is 0. The predicted octanol–water partition coefficient (Wildman–Crippen LogP) is 2.69. The third kappa shape index (κ3) is 4.96. The number of nitrogens with one attached hydrogen (secondary N) is 1. The minimum absolute atomic E-state index is 0.0340. The molecule has 1 fully saturated rings. The number of hydrogen-bond acceptors (Lipinski definition) is 4. The standard InChI is InChI=1S/C21H28N2O3/c1-16(2)20(23-9-11-25-12-10-23)14-22-21(24)15-26-19-8-7-17-5-3-4-6-18(17)13-19/h3-8,13,16,20H,9-12,14-15H2,1-2H3,(H,22,24)/t20-/m1/s1. The van der Waals surface area contributed by atoms with Crippen molar-refractivity contribution in [3.63, 3.8) is 0 Å². The van der Waals surface area contributed by atoms with Crippen molar-refractivity contribution in [1.29, 1.82) is 0 Å². The largest absolute Gasteiger partial charge is 0.484 e. The fourth-order valence-electron chi connectivity index (χ4n) is 3.37. The monoisotopic (exact) mass is 356 g/mol. The maximum Gasteiger partial charge on any atom is 0.257 e. The van der Waals surface area contributed by atoms with Crippen LogP contribution in [0, 0.1) is 5.92 Å². The van der Waals surface area contributed by atoms with Crippen LogP contribution in [0.4, 0.5) is 0 Å². The van der Waals surface area contributed by atoms with Gasteiger partial charge in [0.2, 0.25) is 0 Å². The summed E-state index contributed by atoms with van der Waals surface area (Å²) in [5.74, 6) is 1.10. The highest BCUT2D eigenvalue weighted by Crippen LogP contribution is 2.20. The van der Waals surface area contributed by atoms with Crippen molar-refractivity contribution in [1.82, 2.24) is 10.2 Å². The molecule has 5 nitrogen and oxygen atoms in total. The third-order valence-electron chi connectivity index (χ3n) is 4.88. The van der Waals surface area contributed by atoms with Gasteiger partial charge in [0.15, 0.2) is 6.61 Å². The van der Waals surface area contributed by atoms with E-state index < -0.39 is 0 Å². The topological polar surface area (TPSA) is 50.8 Å². The zero-order valence-electron chi connectivity index (χ0n) is 15.6. The molecule has 1 aliphatic rings. The Bertz CT molecular complexity index is 726. The lowest BCUT2D eigenvalue weighted by Gasteiger charge is -2.36. The molecular weight excluding hydrogens is 328 g/mol. The van der Waals surface area contributed by atoms with Gasteiger partial charge < -0.3 is 14.8 Å². The lowest BCUT2D eigenvalue weighted by molar-refractivity contribution is -0.123. The maximum absolute atomic E-state index is 12.2. The van der Waals surface area contributed by atoms with E-state index in [0.717, 1.165) is 37.1 Å². The Balaban J connectivity index is 1.49. The van der Waals surface area contributed by atoms with E-state index in [1.165, 1.54) is 0 Å². The van der Waals surface area contributed by atoms with Gasteiger partial charge in [-0.3, -0.25) is 9.69 Å². The number of rotatable bonds is 7. The molecule has 140 valence electrons. The Labute approximate surface area is 155 Å². The third-order valence-corrected chi connectivity index (χ3v) is 4.88. The Morgan fingerprint density at radius 3 is 2.62 bits per heavy atom. The molecule has 2 aromatic carbocycles. The fraction of sp³-hybridized carbons (Fsp3) is 0.476. The van der Waals surface area contributed by atoms with E-state index in [-0.39, 0.29) is 12.5 Å². The van der Waals surface area contributed by atoms with Gasteiger partial charge >= 0.3 is 0 Å². The Morgan fingerprint density at radius 2 is 1.88 bits per heavy atom. The fourth-order valence-corrected chi connectivity index (χ4v) is 3.37. The van der Waals surface area contributed by atoms with Crippen LogP contribution in [0.3, 0.4) is 0 Å². The highest BCUT2D eigenvalue weighted by Gasteiger charge is 2.24. The van der Waals surface area contributed by atoms with Gasteiger partial charge in [-0.15, -0.1) is 0 Å². The van der Waals surface area contributed by atoms with E-state index in [9.17, 15) is 4.79 Å². The van der Waals surface area contributed by atoms with Crippen LogP contribution >= 0.6 is 0 Å². The normalized spacial score (nSPS) is 16.6. The molecule has 1 N–H and O–H groups in total. The summed E-state index contributed by atoms with van der Waals surface area (Å²) in [7, 11) is 0. The molecule has 5 heteroatoms. The number of carbonyl (C=O) groups is 1. The summed E-state index contributed by atoms with van der Waals surface area (Å²) in [6, 6.07) is 14.3. The van der Waals surface area contributed by atoms with Crippen molar-refractivity contribution in [2.45, 2.75) is 19.9 Å². The zero-order chi connectivity index (χ0) is 18.4. The van der Waals surface area contributed by atoms with Gasteiger partial charge in [-0.25, -0.2) is 0 Å². The van der Waals surface area contributed by atoms with Crippen LogP contribution in [0.15, 0.2) is 42.5 Å². The van der Waals surface area contributed by atoms with Crippen molar-refractivity contribution in [3.8, 4) is 5.75 Å². The van der Waals surface area contributed by atoms with Gasteiger partial charge in [0.05, 0.1) is 13.2 Å². The number of benzene rings is 2. The van der Waals surface area contributed by atoms with E-state index in [0.29, 0.717) is 24.3 Å². The molecule has 2 aromatic rings. The highest BCUT2D eigenvalue weighted by molar-refractivity contribution is 5.84. The molecule has 1 aliphatic heterocycles. The van der Waals surface area contributed by atoms with Crippen LogP contribution in [-0.4, -0.2) is 56.3 Å². The average Bonchev–Trinajstić information content (AvgIpc) is 2.67. The summed E-state index contributed by atoms with van der Waals surface area (Å²) in [6.07, 6.45) is 0. The molecule has 0 bridgehead atoms. The molecule has 1 atom stereocenters. The quantitative estimate of drug-likeness (QED) is 0.829. The Kier molecular flexibility index (Phi) is 6.47. The van der Waals surface area contributed by atoms with E-state index in [1.54, 1.807) is 0 Å². The molecule has 3 rings (SSSR count). The van der Waals surface area contributed by atoms with Gasteiger partial charge in [0.1, 0.15) is 5.75 Å². The summed E-state index contributed by atoms with van der Waals surface area (Å²) in [5.41, 5.74) is 0. The number of carbonyl (C=O) groups excluding carboxylic acids is 1. The molecule has 0 unspecified atom stereocenters. The Morgan fingerprint density at radius 1 is 1.15 bits per heavy atom. The number of ether oxygens (including phenoxy) is 2. The number of fused-ring (bicyclic) bond motifs is 1. The van der Waals surface area contributed by atoms with Crippen LogP contribution in [-0.2, 0) is 9.53 Å². The SMILES string of the molecule is CC(C)[C@@H](CNC(=O)COc1ccc2ccccc2c1)N1CCOCC1. The van der Waals surface area contributed by atoms with Gasteiger partial charge in [-0.1, -0.05) is 44.2 Å². The van der Waals surface area contributed by atoms with E-state index in [2.05, 4.69) is 30.1 Å². The smallest absolute Gasteiger partial charge is 0.257 e. The molecular formula is C21H28N2O3. The van der Waals surface area contributed by atoms with Crippen molar-refractivity contribution in [3.05, 3.63) is 42.5 Å². The number of hydrogen-bond donors (Lipinski definition) is 1. The molecule has 26 heavy (non-hydrogen) atoms. The van der Waals surface area contributed by atoms with Crippen LogP contribution in [0.1, 0.15) is 13.8 Å². The van der Waals surface area contributed by atoms with Crippen molar-refractivity contribution >= 4 is 16.7 Å². The highest BCUT2D eigenvalue weighted by atomic mass is 16.5. The van der Waals surface area contributed by atoms with Crippen LogP contribution in [0.5, 0.6) is 5.75 Å². The Hall–Kier alpha value is -2.11. The molecule has 0 aromatic heterocycles. The molecule has 0 saturated carbocycles. The van der Waals surface area contributed by atoms with E-state index in [1.807, 2.05) is 36.4 Å². The lowest BCUT2D eigenvalue weighted by atomic mass is 10.0. The first-order valence-corrected chi connectivity index (χ1v) is 9.33. The van der Waals surface area contributed by atoms with Crippen LogP contribution in [0.2, 0.25) is 0 Å². The summed E-state index contributed by atoms with van der Waals surface area (Å²) in [6.45, 7) is 8.43. The molecule has 0 radical (unpaired) electrons. The summed E-state index contributed by atoms with van der Waals surface area (Å²) in [5, 5.41) is 5.29. The predicted molar refractivity (Wildman–Crippen MR) is 103 cm³/mol. The zero-order valence-corrected chi connectivity index (χ0v) is 15.6. The molecule has 1 amide bonds. The van der Waals surface area contributed by atoms with Crippen molar-refractivity contribution in [2.24, 2.45) is 5.92 Å². The summed E-state index contributed by atoms with van der Waals surface area (Å²) < 4.78 is 11.1. The van der Waals surface area contributed by atoms with Gasteiger partial charge in [-0.05, 0) is 28.8 Å². The van der Waals surface area contributed by atoms with E-state index >= 15 is 0 Å². The second kappa shape index (κ2) is 9.01. The van der Waals surface area contributed by atoms with Gasteiger partial charge in [0.25, 0.3) is 5.91 Å². The maximum atomic E-state index is 12.2. The van der Waals surface area contributed by atoms with E-state index in [4.69, 9.17) is 9.47 Å². The second-order valence-corrected chi connectivity index (χ2v) is 7.06. The number of morpholine rings is 1. The van der Waals surface area contributed by atoms with Crippen molar-refractivity contribution in [2.75, 3.05) is 39.5 Å². The average molecular weight is 356 g/mol. The first kappa shape index (κ1) is 18.7. The minimum Gasteiger partial charge on any atom is -0.484 e. The van der Waals surface area contributed by atoms with Crippen molar-refractivity contribution < 1.29 is 14.3 Å². The molecule has 0 aliphatic carbocycles. The second-order valence-electron chi connectivity index (χ2n) is 7.06.